The molecule has 0 aromatic carbocycles. The molecule has 3 N–H and O–H groups in total. The number of aliphatic hydroxyl groups excluding tert-OH is 1. The van der Waals surface area contributed by atoms with Crippen molar-refractivity contribution in [3.05, 3.63) is 28.7 Å². The molecule has 0 saturated heterocycles. The number of hydrogen-bond donors (Lipinski definition) is 2. The van der Waals surface area contributed by atoms with Crippen LogP contribution in [-0.2, 0) is 6.54 Å². The molecule has 0 aliphatic rings. The lowest BCUT2D eigenvalue weighted by atomic mass is 10.2. The van der Waals surface area contributed by atoms with E-state index in [-0.39, 0.29) is 12.2 Å². The molecule has 1 heterocycles. The first-order chi connectivity index (χ1) is 7.25. The van der Waals surface area contributed by atoms with E-state index in [1.165, 1.54) is 0 Å². The minimum Gasteiger partial charge on any atom is -0.396 e. The van der Waals surface area contributed by atoms with Crippen molar-refractivity contribution >= 4 is 5.69 Å². The van der Waals surface area contributed by atoms with Crippen molar-refractivity contribution in [3.8, 4) is 0 Å². The summed E-state index contributed by atoms with van der Waals surface area (Å²) in [7, 11) is 0. The van der Waals surface area contributed by atoms with E-state index in [4.69, 9.17) is 10.8 Å². The Morgan fingerprint density at radius 2 is 2.00 bits per heavy atom. The predicted molar refractivity (Wildman–Crippen MR) is 60.7 cm³/mol. The minimum absolute atomic E-state index is 0.111. The Morgan fingerprint density at radius 1 is 1.27 bits per heavy atom. The molecule has 0 unspecified atom stereocenters. The van der Waals surface area contributed by atoms with Gasteiger partial charge in [-0.15, -0.1) is 0 Å². The van der Waals surface area contributed by atoms with Crippen LogP contribution in [0.4, 0.5) is 5.69 Å². The third kappa shape index (κ3) is 3.75. The minimum atomic E-state index is -0.111. The molecule has 0 radical (unpaired) electrons. The maximum atomic E-state index is 11.5. The third-order valence-electron chi connectivity index (χ3n) is 2.36. The molecule has 0 bridgehead atoms. The quantitative estimate of drug-likeness (QED) is 0.688. The van der Waals surface area contributed by atoms with Crippen LogP contribution in [-0.4, -0.2) is 16.3 Å². The van der Waals surface area contributed by atoms with Crippen LogP contribution in [0.2, 0.25) is 0 Å². The summed E-state index contributed by atoms with van der Waals surface area (Å²) in [5.41, 5.74) is 5.69. The highest BCUT2D eigenvalue weighted by atomic mass is 16.2. The number of rotatable bonds is 6. The van der Waals surface area contributed by atoms with Gasteiger partial charge in [-0.2, -0.15) is 0 Å². The number of nitrogens with two attached hydrogens (primary N) is 1. The van der Waals surface area contributed by atoms with Crippen LogP contribution in [0, 0.1) is 0 Å². The van der Waals surface area contributed by atoms with Crippen LogP contribution in [0.1, 0.15) is 25.7 Å². The molecule has 1 aromatic rings. The van der Waals surface area contributed by atoms with Gasteiger partial charge in [0.1, 0.15) is 0 Å². The number of nitrogen functional groups attached to an aromatic ring is 1. The molecular weight excluding hydrogens is 192 g/mol. The Kier molecular flexibility index (Phi) is 4.90. The van der Waals surface area contributed by atoms with Crippen LogP contribution >= 0.6 is 0 Å². The summed E-state index contributed by atoms with van der Waals surface area (Å²) < 4.78 is 1.63. The number of aliphatic hydroxyl groups is 1. The van der Waals surface area contributed by atoms with Gasteiger partial charge in [0, 0.05) is 19.3 Å². The summed E-state index contributed by atoms with van der Waals surface area (Å²) in [5, 5.41) is 8.59. The Bertz CT molecular complexity index is 347. The second-order valence-electron chi connectivity index (χ2n) is 3.60. The number of nitrogens with zero attached hydrogens (tertiary/aromatic N) is 1. The van der Waals surface area contributed by atoms with E-state index in [1.807, 2.05) is 0 Å². The Labute approximate surface area is 89.3 Å². The highest BCUT2D eigenvalue weighted by Gasteiger charge is 1.98. The number of aromatic nitrogens is 1. The zero-order valence-electron chi connectivity index (χ0n) is 8.85. The molecule has 1 rings (SSSR count). The predicted octanol–water partition coefficient (Wildman–Crippen LogP) is 0.983. The van der Waals surface area contributed by atoms with Crippen LogP contribution in [0.5, 0.6) is 0 Å². The fourth-order valence-electron chi connectivity index (χ4n) is 1.48. The fourth-order valence-corrected chi connectivity index (χ4v) is 1.48. The maximum absolute atomic E-state index is 11.5. The first-order valence-corrected chi connectivity index (χ1v) is 5.31. The highest BCUT2D eigenvalue weighted by Crippen LogP contribution is 2.01. The second-order valence-corrected chi connectivity index (χ2v) is 3.60. The monoisotopic (exact) mass is 210 g/mol. The van der Waals surface area contributed by atoms with Gasteiger partial charge in [0.05, 0.1) is 5.69 Å². The van der Waals surface area contributed by atoms with E-state index >= 15 is 0 Å². The molecule has 4 nitrogen and oxygen atoms in total. The van der Waals surface area contributed by atoms with Gasteiger partial charge in [-0.1, -0.05) is 12.8 Å². The van der Waals surface area contributed by atoms with Crippen molar-refractivity contribution in [3.63, 3.8) is 0 Å². The number of unbranched alkanes of at least 4 members (excludes halogenated alkanes) is 3. The summed E-state index contributed by atoms with van der Waals surface area (Å²) in [6, 6.07) is 3.40. The molecule has 0 spiro atoms. The normalized spacial score (nSPS) is 10.5. The number of aryl methyl sites for hydroxylation is 1. The Hall–Kier alpha value is -1.29. The van der Waals surface area contributed by atoms with Crippen molar-refractivity contribution in [1.29, 1.82) is 0 Å². The van der Waals surface area contributed by atoms with E-state index < -0.39 is 0 Å². The van der Waals surface area contributed by atoms with E-state index in [9.17, 15) is 4.79 Å². The van der Waals surface area contributed by atoms with Crippen molar-refractivity contribution in [2.45, 2.75) is 32.2 Å². The Morgan fingerprint density at radius 3 is 2.73 bits per heavy atom. The van der Waals surface area contributed by atoms with Gasteiger partial charge >= 0.3 is 0 Å². The molecular formula is C11H18N2O2. The lowest BCUT2D eigenvalue weighted by Crippen LogP contribution is -2.21. The summed E-state index contributed by atoms with van der Waals surface area (Å²) in [6.45, 7) is 0.952. The van der Waals surface area contributed by atoms with E-state index in [2.05, 4.69) is 0 Å². The van der Waals surface area contributed by atoms with Gasteiger partial charge in [0.25, 0.3) is 5.56 Å². The third-order valence-corrected chi connectivity index (χ3v) is 2.36. The summed E-state index contributed by atoms with van der Waals surface area (Å²) in [6.07, 6.45) is 5.58. The molecule has 1 aromatic heterocycles. The SMILES string of the molecule is Nc1cccn(CCCCCCO)c1=O. The van der Waals surface area contributed by atoms with Crippen LogP contribution in [0.25, 0.3) is 0 Å². The average Bonchev–Trinajstić information content (AvgIpc) is 2.24. The van der Waals surface area contributed by atoms with Gasteiger partial charge in [-0.25, -0.2) is 0 Å². The zero-order chi connectivity index (χ0) is 11.1. The van der Waals surface area contributed by atoms with E-state index in [0.29, 0.717) is 12.2 Å². The van der Waals surface area contributed by atoms with Crippen LogP contribution < -0.4 is 11.3 Å². The molecule has 0 saturated carbocycles. The van der Waals surface area contributed by atoms with Gasteiger partial charge in [0.2, 0.25) is 0 Å². The molecule has 84 valence electrons. The Balaban J connectivity index is 2.38. The van der Waals surface area contributed by atoms with Crippen molar-refractivity contribution in [1.82, 2.24) is 4.57 Å². The first-order valence-electron chi connectivity index (χ1n) is 5.31. The second kappa shape index (κ2) is 6.24. The average molecular weight is 210 g/mol. The molecule has 0 fully saturated rings. The maximum Gasteiger partial charge on any atom is 0.273 e. The lowest BCUT2D eigenvalue weighted by Gasteiger charge is -2.05. The topological polar surface area (TPSA) is 68.2 Å². The van der Waals surface area contributed by atoms with Gasteiger partial charge < -0.3 is 15.4 Å². The summed E-state index contributed by atoms with van der Waals surface area (Å²) >= 11 is 0. The lowest BCUT2D eigenvalue weighted by molar-refractivity contribution is 0.282. The largest absolute Gasteiger partial charge is 0.396 e. The molecule has 4 heteroatoms. The van der Waals surface area contributed by atoms with Gasteiger partial charge in [-0.3, -0.25) is 4.79 Å². The van der Waals surface area contributed by atoms with Crippen molar-refractivity contribution < 1.29 is 5.11 Å². The molecule has 15 heavy (non-hydrogen) atoms. The van der Waals surface area contributed by atoms with Crippen molar-refractivity contribution in [2.75, 3.05) is 12.3 Å². The van der Waals surface area contributed by atoms with Gasteiger partial charge in [0.15, 0.2) is 0 Å². The smallest absolute Gasteiger partial charge is 0.273 e. The zero-order valence-corrected chi connectivity index (χ0v) is 8.85. The van der Waals surface area contributed by atoms with Gasteiger partial charge in [-0.05, 0) is 25.0 Å². The van der Waals surface area contributed by atoms with E-state index in [1.54, 1.807) is 22.9 Å². The number of pyridine rings is 1. The summed E-state index contributed by atoms with van der Waals surface area (Å²) in [5.74, 6) is 0. The summed E-state index contributed by atoms with van der Waals surface area (Å²) in [4.78, 5) is 11.5. The molecule has 0 amide bonds. The first kappa shape index (κ1) is 11.8. The van der Waals surface area contributed by atoms with Crippen LogP contribution in [0.15, 0.2) is 23.1 Å². The number of hydrogen-bond acceptors (Lipinski definition) is 3. The molecule has 0 aliphatic heterocycles. The fraction of sp³-hybridized carbons (Fsp3) is 0.545. The highest BCUT2D eigenvalue weighted by molar-refractivity contribution is 5.33. The van der Waals surface area contributed by atoms with E-state index in [0.717, 1.165) is 25.7 Å². The molecule has 0 aliphatic carbocycles. The standard InChI is InChI=1S/C11H18N2O2/c12-10-6-5-8-13(11(10)15)7-3-1-2-4-9-14/h5-6,8,14H,1-4,7,9,12H2. The van der Waals surface area contributed by atoms with Crippen LogP contribution in [0.3, 0.4) is 0 Å². The van der Waals surface area contributed by atoms with Crippen molar-refractivity contribution in [2.24, 2.45) is 0 Å². The molecule has 0 atom stereocenters. The number of anilines is 1.